The molecule has 0 radical (unpaired) electrons. The zero-order chi connectivity index (χ0) is 15.0. The Morgan fingerprint density at radius 3 is 2.76 bits per heavy atom. The highest BCUT2D eigenvalue weighted by Crippen LogP contribution is 2.35. The predicted octanol–water partition coefficient (Wildman–Crippen LogP) is 3.36. The largest absolute Gasteiger partial charge is 0.324 e. The molecule has 1 aliphatic heterocycles. The van der Waals surface area contributed by atoms with Crippen LogP contribution in [0.2, 0.25) is 0 Å². The molecule has 0 atom stereocenters. The van der Waals surface area contributed by atoms with Crippen LogP contribution < -0.4 is 4.90 Å². The Bertz CT molecular complexity index is 743. The van der Waals surface area contributed by atoms with Crippen molar-refractivity contribution in [3.63, 3.8) is 0 Å². The molecule has 0 amide bonds. The van der Waals surface area contributed by atoms with Crippen LogP contribution in [0.5, 0.6) is 0 Å². The summed E-state index contributed by atoms with van der Waals surface area (Å²) in [6.45, 7) is 6.81. The van der Waals surface area contributed by atoms with Gasteiger partial charge < -0.3 is 4.90 Å². The SMILES string of the molecule is Cc1ccc2c(c1)CCCN2c1nnc(C)c(C)c1C#N. The maximum Gasteiger partial charge on any atom is 0.173 e. The predicted molar refractivity (Wildman–Crippen MR) is 82.7 cm³/mol. The lowest BCUT2D eigenvalue weighted by molar-refractivity contribution is 0.748. The number of fused-ring (bicyclic) bond motifs is 1. The molecule has 0 fully saturated rings. The number of nitriles is 1. The summed E-state index contributed by atoms with van der Waals surface area (Å²) in [5.41, 5.74) is 6.11. The maximum absolute atomic E-state index is 9.50. The molecule has 0 bridgehead atoms. The molecule has 106 valence electrons. The molecule has 4 nitrogen and oxygen atoms in total. The number of rotatable bonds is 1. The van der Waals surface area contributed by atoms with Gasteiger partial charge in [0.2, 0.25) is 0 Å². The van der Waals surface area contributed by atoms with Gasteiger partial charge >= 0.3 is 0 Å². The molecule has 0 aliphatic carbocycles. The van der Waals surface area contributed by atoms with Gasteiger partial charge in [0.1, 0.15) is 11.6 Å². The second-order valence-corrected chi connectivity index (χ2v) is 5.61. The van der Waals surface area contributed by atoms with Crippen molar-refractivity contribution < 1.29 is 0 Å². The van der Waals surface area contributed by atoms with Crippen LogP contribution in [0.25, 0.3) is 0 Å². The summed E-state index contributed by atoms with van der Waals surface area (Å²) < 4.78 is 0. The first-order valence-corrected chi connectivity index (χ1v) is 7.23. The second-order valence-electron chi connectivity index (χ2n) is 5.61. The van der Waals surface area contributed by atoms with Crippen LogP contribution in [-0.2, 0) is 6.42 Å². The molecule has 0 unspecified atom stereocenters. The molecule has 1 aliphatic rings. The van der Waals surface area contributed by atoms with E-state index in [2.05, 4.69) is 46.3 Å². The van der Waals surface area contributed by atoms with Gasteiger partial charge in [0.15, 0.2) is 5.82 Å². The van der Waals surface area contributed by atoms with Gasteiger partial charge in [-0.3, -0.25) is 0 Å². The molecule has 0 saturated carbocycles. The Morgan fingerprint density at radius 2 is 2.00 bits per heavy atom. The van der Waals surface area contributed by atoms with Crippen molar-refractivity contribution >= 4 is 11.5 Å². The number of nitrogens with zero attached hydrogens (tertiary/aromatic N) is 4. The zero-order valence-corrected chi connectivity index (χ0v) is 12.6. The third-order valence-electron chi connectivity index (χ3n) is 4.16. The lowest BCUT2D eigenvalue weighted by atomic mass is 9.99. The third kappa shape index (κ3) is 2.25. The highest BCUT2D eigenvalue weighted by molar-refractivity contribution is 5.70. The summed E-state index contributed by atoms with van der Waals surface area (Å²) in [6, 6.07) is 8.76. The number of aryl methyl sites for hydroxylation is 3. The molecular weight excluding hydrogens is 260 g/mol. The standard InChI is InChI=1S/C17H18N4/c1-11-6-7-16-14(9-11)5-4-8-21(16)17-15(10-18)12(2)13(3)19-20-17/h6-7,9H,4-5,8H2,1-3H3. The van der Waals surface area contributed by atoms with Crippen molar-refractivity contribution in [1.82, 2.24) is 10.2 Å². The van der Waals surface area contributed by atoms with Crippen LogP contribution in [-0.4, -0.2) is 16.7 Å². The van der Waals surface area contributed by atoms with Crippen LogP contribution in [0.4, 0.5) is 11.5 Å². The average Bonchev–Trinajstić information content (AvgIpc) is 2.49. The second kappa shape index (κ2) is 5.17. The molecule has 2 heterocycles. The maximum atomic E-state index is 9.50. The van der Waals surface area contributed by atoms with E-state index in [-0.39, 0.29) is 0 Å². The molecule has 3 rings (SSSR count). The normalized spacial score (nSPS) is 13.7. The summed E-state index contributed by atoms with van der Waals surface area (Å²) in [7, 11) is 0. The summed E-state index contributed by atoms with van der Waals surface area (Å²) in [6.07, 6.45) is 2.14. The van der Waals surface area contributed by atoms with Crippen LogP contribution in [0.3, 0.4) is 0 Å². The van der Waals surface area contributed by atoms with Gasteiger partial charge in [0.25, 0.3) is 0 Å². The van der Waals surface area contributed by atoms with E-state index in [1.807, 2.05) is 13.8 Å². The van der Waals surface area contributed by atoms with Crippen molar-refractivity contribution in [3.8, 4) is 6.07 Å². The topological polar surface area (TPSA) is 52.8 Å². The van der Waals surface area contributed by atoms with Gasteiger partial charge in [-0.15, -0.1) is 5.10 Å². The van der Waals surface area contributed by atoms with Crippen molar-refractivity contribution in [3.05, 3.63) is 46.1 Å². The number of anilines is 2. The summed E-state index contributed by atoms with van der Waals surface area (Å²) in [5, 5.41) is 18.0. The molecule has 1 aromatic heterocycles. The minimum Gasteiger partial charge on any atom is -0.324 e. The summed E-state index contributed by atoms with van der Waals surface area (Å²) >= 11 is 0. The molecule has 0 saturated heterocycles. The van der Waals surface area contributed by atoms with Crippen molar-refractivity contribution in [1.29, 1.82) is 5.26 Å². The Balaban J connectivity index is 2.16. The van der Waals surface area contributed by atoms with E-state index < -0.39 is 0 Å². The van der Waals surface area contributed by atoms with Crippen molar-refractivity contribution in [2.24, 2.45) is 0 Å². The fourth-order valence-corrected chi connectivity index (χ4v) is 2.86. The Labute approximate surface area is 125 Å². The first-order chi connectivity index (χ1) is 10.1. The zero-order valence-electron chi connectivity index (χ0n) is 12.6. The van der Waals surface area contributed by atoms with Crippen LogP contribution in [0, 0.1) is 32.1 Å². The van der Waals surface area contributed by atoms with Crippen molar-refractivity contribution in [2.45, 2.75) is 33.6 Å². The van der Waals surface area contributed by atoms with E-state index >= 15 is 0 Å². The molecule has 21 heavy (non-hydrogen) atoms. The first kappa shape index (κ1) is 13.6. The molecule has 0 spiro atoms. The van der Waals surface area contributed by atoms with Gasteiger partial charge in [-0.25, -0.2) is 0 Å². The van der Waals surface area contributed by atoms with Gasteiger partial charge in [0, 0.05) is 12.2 Å². The minimum atomic E-state index is 0.635. The molecule has 2 aromatic rings. The van der Waals surface area contributed by atoms with Gasteiger partial charge in [-0.05, 0) is 50.8 Å². The fourth-order valence-electron chi connectivity index (χ4n) is 2.86. The average molecular weight is 278 g/mol. The molecule has 4 heteroatoms. The monoisotopic (exact) mass is 278 g/mol. The first-order valence-electron chi connectivity index (χ1n) is 7.23. The van der Waals surface area contributed by atoms with E-state index in [4.69, 9.17) is 0 Å². The highest BCUT2D eigenvalue weighted by atomic mass is 15.3. The van der Waals surface area contributed by atoms with Crippen LogP contribution >= 0.6 is 0 Å². The summed E-state index contributed by atoms with van der Waals surface area (Å²) in [4.78, 5) is 2.14. The fraction of sp³-hybridized carbons (Fsp3) is 0.353. The van der Waals surface area contributed by atoms with Crippen LogP contribution in [0.1, 0.15) is 34.4 Å². The van der Waals surface area contributed by atoms with Crippen LogP contribution in [0.15, 0.2) is 18.2 Å². The number of aromatic nitrogens is 2. The number of hydrogen-bond donors (Lipinski definition) is 0. The van der Waals surface area contributed by atoms with Gasteiger partial charge in [0.05, 0.1) is 5.69 Å². The Hall–Kier alpha value is -2.41. The lowest BCUT2D eigenvalue weighted by Crippen LogP contribution is -2.27. The smallest absolute Gasteiger partial charge is 0.173 e. The lowest BCUT2D eigenvalue weighted by Gasteiger charge is -2.31. The quantitative estimate of drug-likeness (QED) is 0.802. The third-order valence-corrected chi connectivity index (χ3v) is 4.16. The molecule has 0 N–H and O–H groups in total. The van der Waals surface area contributed by atoms with Gasteiger partial charge in [-0.2, -0.15) is 10.4 Å². The Morgan fingerprint density at radius 1 is 1.19 bits per heavy atom. The summed E-state index contributed by atoms with van der Waals surface area (Å²) in [5.74, 6) is 0.686. The van der Waals surface area contributed by atoms with Gasteiger partial charge in [-0.1, -0.05) is 17.7 Å². The Kier molecular flexibility index (Phi) is 3.34. The van der Waals surface area contributed by atoms with E-state index in [9.17, 15) is 5.26 Å². The number of benzene rings is 1. The molecule has 1 aromatic carbocycles. The number of hydrogen-bond acceptors (Lipinski definition) is 4. The van der Waals surface area contributed by atoms with E-state index in [1.165, 1.54) is 11.1 Å². The van der Waals surface area contributed by atoms with Crippen molar-refractivity contribution in [2.75, 3.05) is 11.4 Å². The molecular formula is C17H18N4. The van der Waals surface area contributed by atoms with E-state index in [0.717, 1.165) is 36.3 Å². The van der Waals surface area contributed by atoms with E-state index in [1.54, 1.807) is 0 Å². The minimum absolute atomic E-state index is 0.635. The van der Waals surface area contributed by atoms with E-state index in [0.29, 0.717) is 11.4 Å². The highest BCUT2D eigenvalue weighted by Gasteiger charge is 2.23.